The first-order chi connectivity index (χ1) is 8.25. The van der Waals surface area contributed by atoms with Crippen molar-refractivity contribution in [1.82, 2.24) is 5.32 Å². The lowest BCUT2D eigenvalue weighted by atomic mass is 10.1. The molecule has 0 spiro atoms. The van der Waals surface area contributed by atoms with Gasteiger partial charge < -0.3 is 5.32 Å². The van der Waals surface area contributed by atoms with Crippen LogP contribution in [0.4, 0.5) is 17.6 Å². The van der Waals surface area contributed by atoms with Crippen molar-refractivity contribution < 1.29 is 22.4 Å². The van der Waals surface area contributed by atoms with Gasteiger partial charge in [-0.3, -0.25) is 4.79 Å². The summed E-state index contributed by atoms with van der Waals surface area (Å²) in [6.45, 7) is 1.39. The molecule has 18 heavy (non-hydrogen) atoms. The van der Waals surface area contributed by atoms with Gasteiger partial charge in [0.25, 0.3) is 5.91 Å². The molecular weight excluding hydrogens is 274 g/mol. The Bertz CT molecular complexity index is 439. The van der Waals surface area contributed by atoms with E-state index in [1.807, 2.05) is 5.32 Å². The van der Waals surface area contributed by atoms with Crippen molar-refractivity contribution in [3.05, 3.63) is 34.9 Å². The zero-order chi connectivity index (χ0) is 13.9. The Morgan fingerprint density at radius 1 is 1.39 bits per heavy atom. The van der Waals surface area contributed by atoms with Gasteiger partial charge in [-0.15, -0.1) is 0 Å². The molecule has 0 radical (unpaired) electrons. The van der Waals surface area contributed by atoms with Gasteiger partial charge in [0.05, 0.1) is 6.04 Å². The molecule has 0 aromatic heterocycles. The van der Waals surface area contributed by atoms with Gasteiger partial charge in [0.2, 0.25) is 0 Å². The van der Waals surface area contributed by atoms with E-state index in [4.69, 9.17) is 11.6 Å². The summed E-state index contributed by atoms with van der Waals surface area (Å²) in [7, 11) is 0. The van der Waals surface area contributed by atoms with Crippen LogP contribution in [0.3, 0.4) is 0 Å². The molecule has 0 aliphatic rings. The SMILES string of the molecule is C[C@H](NC(=O)C(F)(F)C(F)F)c1cccc(Cl)c1. The topological polar surface area (TPSA) is 29.1 Å². The van der Waals surface area contributed by atoms with Gasteiger partial charge in [0.15, 0.2) is 0 Å². The summed E-state index contributed by atoms with van der Waals surface area (Å²) in [6, 6.07) is 5.27. The maximum absolute atomic E-state index is 12.7. The van der Waals surface area contributed by atoms with Crippen LogP contribution in [-0.2, 0) is 4.79 Å². The number of amides is 1. The smallest absolute Gasteiger partial charge is 0.344 e. The number of nitrogens with one attached hydrogen (secondary N) is 1. The highest BCUT2D eigenvalue weighted by Crippen LogP contribution is 2.25. The second-order valence-electron chi connectivity index (χ2n) is 3.67. The summed E-state index contributed by atoms with van der Waals surface area (Å²) in [4.78, 5) is 11.0. The van der Waals surface area contributed by atoms with Crippen molar-refractivity contribution in [3.63, 3.8) is 0 Å². The quantitative estimate of drug-likeness (QED) is 0.843. The second kappa shape index (κ2) is 5.56. The molecule has 0 aliphatic heterocycles. The van der Waals surface area contributed by atoms with E-state index >= 15 is 0 Å². The standard InChI is InChI=1S/C11H10ClF4NO/c1-6(7-3-2-4-8(12)5-7)17-10(18)11(15,16)9(13)14/h2-6,9H,1H3,(H,17,18)/t6-/m0/s1. The molecule has 100 valence electrons. The predicted octanol–water partition coefficient (Wildman–Crippen LogP) is 3.42. The second-order valence-corrected chi connectivity index (χ2v) is 4.11. The monoisotopic (exact) mass is 283 g/mol. The fourth-order valence-corrected chi connectivity index (χ4v) is 1.45. The van der Waals surface area contributed by atoms with Crippen molar-refractivity contribution in [2.24, 2.45) is 0 Å². The highest BCUT2D eigenvalue weighted by Gasteiger charge is 2.49. The largest absolute Gasteiger partial charge is 0.383 e. The third kappa shape index (κ3) is 3.35. The molecule has 7 heteroatoms. The number of rotatable bonds is 4. The molecule has 0 saturated carbocycles. The van der Waals surface area contributed by atoms with Crippen LogP contribution >= 0.6 is 11.6 Å². The number of carbonyl (C=O) groups excluding carboxylic acids is 1. The Morgan fingerprint density at radius 2 is 2.00 bits per heavy atom. The molecule has 2 nitrogen and oxygen atoms in total. The molecule has 1 aromatic rings. The lowest BCUT2D eigenvalue weighted by Crippen LogP contribution is -2.45. The minimum absolute atomic E-state index is 0.356. The number of carbonyl (C=O) groups is 1. The van der Waals surface area contributed by atoms with Crippen LogP contribution in [0, 0.1) is 0 Å². The Labute approximate surface area is 106 Å². The van der Waals surface area contributed by atoms with Crippen LogP contribution in [0.1, 0.15) is 18.5 Å². The van der Waals surface area contributed by atoms with Crippen molar-refractivity contribution in [1.29, 1.82) is 0 Å². The zero-order valence-electron chi connectivity index (χ0n) is 9.26. The van der Waals surface area contributed by atoms with Crippen LogP contribution in [0.25, 0.3) is 0 Å². The van der Waals surface area contributed by atoms with E-state index in [-0.39, 0.29) is 0 Å². The molecular formula is C11H10ClF4NO. The van der Waals surface area contributed by atoms with E-state index in [0.717, 1.165) is 0 Å². The highest BCUT2D eigenvalue weighted by molar-refractivity contribution is 6.30. The van der Waals surface area contributed by atoms with E-state index in [1.54, 1.807) is 12.1 Å². The minimum Gasteiger partial charge on any atom is -0.344 e. The van der Waals surface area contributed by atoms with Crippen LogP contribution in [0.5, 0.6) is 0 Å². The fraction of sp³-hybridized carbons (Fsp3) is 0.364. The van der Waals surface area contributed by atoms with Crippen molar-refractivity contribution in [2.75, 3.05) is 0 Å². The van der Waals surface area contributed by atoms with Gasteiger partial charge in [-0.1, -0.05) is 23.7 Å². The van der Waals surface area contributed by atoms with Crippen LogP contribution in [0.15, 0.2) is 24.3 Å². The van der Waals surface area contributed by atoms with Crippen molar-refractivity contribution in [3.8, 4) is 0 Å². The average Bonchev–Trinajstić information content (AvgIpc) is 2.28. The summed E-state index contributed by atoms with van der Waals surface area (Å²) >= 11 is 5.68. The van der Waals surface area contributed by atoms with Gasteiger partial charge in [-0.05, 0) is 24.6 Å². The molecule has 1 amide bonds. The average molecular weight is 284 g/mol. The van der Waals surface area contributed by atoms with E-state index in [1.165, 1.54) is 19.1 Å². The number of halogens is 5. The summed E-state index contributed by atoms with van der Waals surface area (Å²) in [6.07, 6.45) is -4.04. The third-order valence-corrected chi connectivity index (χ3v) is 2.51. The Balaban J connectivity index is 2.77. The Hall–Kier alpha value is -1.30. The Morgan fingerprint density at radius 3 is 2.50 bits per heavy atom. The van der Waals surface area contributed by atoms with Gasteiger partial charge >= 0.3 is 12.3 Å². The summed E-state index contributed by atoms with van der Waals surface area (Å²) in [5.41, 5.74) is 0.445. The Kier molecular flexibility index (Phi) is 4.56. The lowest BCUT2D eigenvalue weighted by molar-refractivity contribution is -0.170. The molecule has 0 heterocycles. The predicted molar refractivity (Wildman–Crippen MR) is 59.0 cm³/mol. The molecule has 1 N–H and O–H groups in total. The molecule has 0 saturated heterocycles. The molecule has 0 bridgehead atoms. The number of hydrogen-bond donors (Lipinski definition) is 1. The lowest BCUT2D eigenvalue weighted by Gasteiger charge is -2.19. The summed E-state index contributed by atoms with van der Waals surface area (Å²) in [5, 5.41) is 2.17. The summed E-state index contributed by atoms with van der Waals surface area (Å²) < 4.78 is 49.3. The first-order valence-corrected chi connectivity index (χ1v) is 5.35. The third-order valence-electron chi connectivity index (χ3n) is 2.27. The van der Waals surface area contributed by atoms with Crippen molar-refractivity contribution in [2.45, 2.75) is 25.3 Å². The molecule has 0 unspecified atom stereocenters. The normalized spacial score (nSPS) is 13.5. The van der Waals surface area contributed by atoms with E-state index in [0.29, 0.717) is 10.6 Å². The van der Waals surface area contributed by atoms with Crippen molar-refractivity contribution >= 4 is 17.5 Å². The maximum Gasteiger partial charge on any atom is 0.383 e. The van der Waals surface area contributed by atoms with Gasteiger partial charge in [0.1, 0.15) is 0 Å². The van der Waals surface area contributed by atoms with Gasteiger partial charge in [0, 0.05) is 5.02 Å². The number of hydrogen-bond acceptors (Lipinski definition) is 1. The van der Waals surface area contributed by atoms with E-state index in [9.17, 15) is 22.4 Å². The first kappa shape index (κ1) is 14.8. The number of benzene rings is 1. The van der Waals surface area contributed by atoms with E-state index in [2.05, 4.69) is 0 Å². The maximum atomic E-state index is 12.7. The van der Waals surface area contributed by atoms with Gasteiger partial charge in [-0.25, -0.2) is 8.78 Å². The van der Waals surface area contributed by atoms with Crippen LogP contribution < -0.4 is 5.32 Å². The minimum atomic E-state index is -4.70. The van der Waals surface area contributed by atoms with Crippen LogP contribution in [-0.4, -0.2) is 18.3 Å². The van der Waals surface area contributed by atoms with E-state index < -0.39 is 24.3 Å². The molecule has 0 aliphatic carbocycles. The molecule has 0 fully saturated rings. The summed E-state index contributed by atoms with van der Waals surface area (Å²) in [5.74, 6) is -6.71. The first-order valence-electron chi connectivity index (χ1n) is 4.97. The molecule has 1 atom stereocenters. The molecule has 1 aromatic carbocycles. The fourth-order valence-electron chi connectivity index (χ4n) is 1.25. The highest BCUT2D eigenvalue weighted by atomic mass is 35.5. The zero-order valence-corrected chi connectivity index (χ0v) is 10.0. The molecule has 1 rings (SSSR count). The van der Waals surface area contributed by atoms with Gasteiger partial charge in [-0.2, -0.15) is 8.78 Å². The van der Waals surface area contributed by atoms with Crippen LogP contribution in [0.2, 0.25) is 5.02 Å². The number of alkyl halides is 4.